The summed E-state index contributed by atoms with van der Waals surface area (Å²) < 4.78 is 14.5. The summed E-state index contributed by atoms with van der Waals surface area (Å²) in [6.07, 6.45) is 5.02. The average molecular weight is 852 g/mol. The van der Waals surface area contributed by atoms with Crippen LogP contribution in [-0.4, -0.2) is 83.1 Å². The molecule has 2 amide bonds. The lowest BCUT2D eigenvalue weighted by molar-refractivity contribution is -0.119. The average Bonchev–Trinajstić information content (AvgIpc) is 3.77. The van der Waals surface area contributed by atoms with Crippen molar-refractivity contribution in [3.8, 4) is 39.5 Å². The van der Waals surface area contributed by atoms with Crippen LogP contribution in [0.2, 0.25) is 15.1 Å². The first-order valence-electron chi connectivity index (χ1n) is 18.9. The van der Waals surface area contributed by atoms with Crippen molar-refractivity contribution >= 4 is 52.3 Å². The van der Waals surface area contributed by atoms with Crippen LogP contribution >= 0.6 is 34.8 Å². The minimum atomic E-state index is -0.751. The van der Waals surface area contributed by atoms with Crippen LogP contribution in [-0.2, 0) is 29.7 Å². The van der Waals surface area contributed by atoms with Gasteiger partial charge in [-0.3, -0.25) is 19.1 Å². The van der Waals surface area contributed by atoms with E-state index in [1.165, 1.54) is 21.1 Å². The topological polar surface area (TPSA) is 165 Å². The molecule has 1 atom stereocenters. The molecule has 5 aromatic rings. The molecule has 0 bridgehead atoms. The highest BCUT2D eigenvalue weighted by molar-refractivity contribution is 6.39. The SMILES string of the molecule is COc1nc(-c2cccc(-c3ccnc(-c4cc5c(=O)n(C)c(CNC6CC(C)(O)C6)nn5c4)c3Cl)c2Cl)cc(Cl)c1CN(C[C@@H]1CCC(=O)N1)C(=O)OC(C)(C)C. The molecular formula is C41H45Cl3N8O6. The molecule has 1 aliphatic carbocycles. The second kappa shape index (κ2) is 16.1. The van der Waals surface area contributed by atoms with Gasteiger partial charge in [0, 0.05) is 66.7 Å². The van der Waals surface area contributed by atoms with E-state index >= 15 is 0 Å². The van der Waals surface area contributed by atoms with E-state index in [4.69, 9.17) is 54.4 Å². The first-order valence-corrected chi connectivity index (χ1v) is 20.0. The number of rotatable bonds is 11. The number of methoxy groups -OCH3 is 1. The van der Waals surface area contributed by atoms with E-state index in [9.17, 15) is 19.5 Å². The molecule has 1 saturated heterocycles. The standard InChI is InChI=1S/C41H45Cl3N8O6/c1-40(2,3)58-39(55)51(20-23-10-11-33(53)47-23)21-28-29(42)15-30(48-37(28)57-6)27-9-7-8-25(34(27)43)26-12-13-45-36(35(26)44)22-14-31-38(54)50(5)32(49-52(31)19-22)18-46-24-16-41(4,56)17-24/h7-9,12-15,19,23-24,46,56H,10-11,16-18,20-21H2,1-6H3,(H,47,53)/t23-,24?,41?/m0/s1. The highest BCUT2D eigenvalue weighted by Crippen LogP contribution is 2.43. The number of pyridine rings is 2. The number of aliphatic hydroxyl groups is 1. The van der Waals surface area contributed by atoms with Crippen LogP contribution in [0.3, 0.4) is 0 Å². The summed E-state index contributed by atoms with van der Waals surface area (Å²) in [6.45, 7) is 7.74. The summed E-state index contributed by atoms with van der Waals surface area (Å²) in [5, 5.41) is 22.0. The minimum absolute atomic E-state index is 0.0131. The first kappa shape index (κ1) is 41.4. The van der Waals surface area contributed by atoms with Gasteiger partial charge in [-0.15, -0.1) is 0 Å². The Morgan fingerprint density at radius 3 is 2.50 bits per heavy atom. The van der Waals surface area contributed by atoms with Crippen LogP contribution < -0.4 is 20.9 Å². The summed E-state index contributed by atoms with van der Waals surface area (Å²) in [5.41, 5.74) is 2.36. The maximum Gasteiger partial charge on any atom is 0.410 e. The summed E-state index contributed by atoms with van der Waals surface area (Å²) in [6, 6.07) is 10.5. The van der Waals surface area contributed by atoms with Gasteiger partial charge in [-0.25, -0.2) is 14.3 Å². The third-order valence-corrected chi connectivity index (χ3v) is 11.5. The maximum absolute atomic E-state index is 13.4. The van der Waals surface area contributed by atoms with Gasteiger partial charge in [0.25, 0.3) is 5.56 Å². The molecule has 7 rings (SSSR count). The molecule has 5 heterocycles. The van der Waals surface area contributed by atoms with Crippen LogP contribution in [0.1, 0.15) is 64.8 Å². The van der Waals surface area contributed by atoms with Crippen LogP contribution in [0.25, 0.3) is 39.2 Å². The van der Waals surface area contributed by atoms with Gasteiger partial charge in [0.1, 0.15) is 16.9 Å². The molecule has 58 heavy (non-hydrogen) atoms. The number of hydrogen-bond donors (Lipinski definition) is 3. The summed E-state index contributed by atoms with van der Waals surface area (Å²) >= 11 is 21.2. The number of ether oxygens (including phenoxy) is 2. The maximum atomic E-state index is 13.4. The molecular weight excluding hydrogens is 807 g/mol. The number of carbonyl (C=O) groups is 2. The number of amides is 2. The highest BCUT2D eigenvalue weighted by atomic mass is 35.5. The Kier molecular flexibility index (Phi) is 11.5. The second-order valence-corrected chi connectivity index (χ2v) is 17.3. The van der Waals surface area contributed by atoms with Gasteiger partial charge >= 0.3 is 6.09 Å². The third kappa shape index (κ3) is 8.67. The molecule has 2 fully saturated rings. The molecule has 306 valence electrons. The number of carbonyl (C=O) groups excluding carboxylic acids is 2. The Morgan fingerprint density at radius 1 is 1.10 bits per heavy atom. The predicted molar refractivity (Wildman–Crippen MR) is 222 cm³/mol. The van der Waals surface area contributed by atoms with E-state index in [1.54, 1.807) is 64.5 Å². The smallest absolute Gasteiger partial charge is 0.410 e. The summed E-state index contributed by atoms with van der Waals surface area (Å²) in [7, 11) is 3.15. The van der Waals surface area contributed by atoms with Crippen molar-refractivity contribution in [3.63, 3.8) is 0 Å². The van der Waals surface area contributed by atoms with Gasteiger partial charge in [-0.2, -0.15) is 5.10 Å². The number of halogens is 3. The molecule has 1 aliphatic heterocycles. The molecule has 0 unspecified atom stereocenters. The molecule has 3 N–H and O–H groups in total. The number of benzene rings is 1. The summed E-state index contributed by atoms with van der Waals surface area (Å²) in [5.74, 6) is 0.662. The third-order valence-electron chi connectivity index (χ3n) is 10.3. The Labute approximate surface area is 350 Å². The van der Waals surface area contributed by atoms with Crippen LogP contribution in [0, 0.1) is 0 Å². The first-order chi connectivity index (χ1) is 27.4. The van der Waals surface area contributed by atoms with Gasteiger partial charge in [-0.1, -0.05) is 53.0 Å². The van der Waals surface area contributed by atoms with Gasteiger partial charge in [0.2, 0.25) is 11.8 Å². The number of nitrogens with one attached hydrogen (secondary N) is 2. The normalized spacial score (nSPS) is 19.2. The lowest BCUT2D eigenvalue weighted by atomic mass is 9.77. The van der Waals surface area contributed by atoms with Crippen molar-refractivity contribution in [2.24, 2.45) is 7.05 Å². The van der Waals surface area contributed by atoms with E-state index in [1.807, 2.05) is 19.1 Å². The molecule has 4 aromatic heterocycles. The summed E-state index contributed by atoms with van der Waals surface area (Å²) in [4.78, 5) is 49.6. The minimum Gasteiger partial charge on any atom is -0.481 e. The zero-order valence-electron chi connectivity index (χ0n) is 33.0. The molecule has 2 aliphatic rings. The van der Waals surface area contributed by atoms with Crippen LogP contribution in [0.15, 0.2) is 53.6 Å². The molecule has 17 heteroatoms. The fourth-order valence-corrected chi connectivity index (χ4v) is 8.29. The van der Waals surface area contributed by atoms with E-state index in [-0.39, 0.29) is 47.5 Å². The quantitative estimate of drug-likeness (QED) is 0.129. The van der Waals surface area contributed by atoms with Crippen molar-refractivity contribution in [3.05, 3.63) is 85.6 Å². The zero-order valence-corrected chi connectivity index (χ0v) is 35.3. The van der Waals surface area contributed by atoms with Gasteiger partial charge < -0.3 is 30.1 Å². The number of fused-ring (bicyclic) bond motifs is 1. The lowest BCUT2D eigenvalue weighted by Crippen LogP contribution is -2.51. The molecule has 1 saturated carbocycles. The van der Waals surface area contributed by atoms with Crippen molar-refractivity contribution in [1.29, 1.82) is 0 Å². The Morgan fingerprint density at radius 2 is 1.83 bits per heavy atom. The number of aromatic nitrogens is 5. The van der Waals surface area contributed by atoms with Crippen molar-refractivity contribution in [2.45, 2.75) is 89.8 Å². The van der Waals surface area contributed by atoms with Crippen molar-refractivity contribution in [2.75, 3.05) is 13.7 Å². The second-order valence-electron chi connectivity index (χ2n) is 16.2. The molecule has 1 aromatic carbocycles. The van der Waals surface area contributed by atoms with Crippen LogP contribution in [0.4, 0.5) is 4.79 Å². The van der Waals surface area contributed by atoms with Crippen LogP contribution in [0.5, 0.6) is 5.88 Å². The van der Waals surface area contributed by atoms with Gasteiger partial charge in [0.05, 0.1) is 57.8 Å². The molecule has 0 radical (unpaired) electrons. The van der Waals surface area contributed by atoms with E-state index in [2.05, 4.69) is 15.6 Å². The van der Waals surface area contributed by atoms with E-state index in [0.717, 1.165) is 0 Å². The Hall–Kier alpha value is -4.73. The number of hydrogen-bond acceptors (Lipinski definition) is 10. The molecule has 14 nitrogen and oxygen atoms in total. The highest BCUT2D eigenvalue weighted by Gasteiger charge is 2.38. The van der Waals surface area contributed by atoms with Crippen molar-refractivity contribution < 1.29 is 24.2 Å². The predicted octanol–water partition coefficient (Wildman–Crippen LogP) is 6.81. The fraction of sp³-hybridized carbons (Fsp3) is 0.415. The van der Waals surface area contributed by atoms with E-state index in [0.29, 0.717) is 92.8 Å². The van der Waals surface area contributed by atoms with E-state index < -0.39 is 17.3 Å². The Balaban J connectivity index is 1.18. The van der Waals surface area contributed by atoms with Gasteiger partial charge in [0.15, 0.2) is 0 Å². The Bertz CT molecular complexity index is 2470. The largest absolute Gasteiger partial charge is 0.481 e. The zero-order chi connectivity index (χ0) is 41.7. The fourth-order valence-electron chi connectivity index (χ4n) is 7.40. The lowest BCUT2D eigenvalue weighted by Gasteiger charge is -2.41. The van der Waals surface area contributed by atoms with Gasteiger partial charge in [-0.05, 0) is 65.2 Å². The monoisotopic (exact) mass is 850 g/mol. The molecule has 0 spiro atoms. The number of nitrogens with zero attached hydrogens (tertiary/aromatic N) is 6. The van der Waals surface area contributed by atoms with Crippen molar-refractivity contribution in [1.82, 2.24) is 39.7 Å².